The fraction of sp³-hybridized carbons (Fsp3) is 0.625. The summed E-state index contributed by atoms with van der Waals surface area (Å²) in [5.41, 5.74) is -3.86. The van der Waals surface area contributed by atoms with E-state index in [1.54, 1.807) is 0 Å². The molecular formula is C16H11F15O. The first-order valence-electron chi connectivity index (χ1n) is 7.93. The van der Waals surface area contributed by atoms with Gasteiger partial charge in [-0.1, -0.05) is 30.3 Å². The van der Waals surface area contributed by atoms with Gasteiger partial charge in [0.25, 0.3) is 0 Å². The van der Waals surface area contributed by atoms with Crippen LogP contribution in [0.1, 0.15) is 18.9 Å². The molecule has 1 rings (SSSR count). The van der Waals surface area contributed by atoms with Crippen LogP contribution >= 0.6 is 0 Å². The Balaban J connectivity index is 3.52. The van der Waals surface area contributed by atoms with Crippen LogP contribution in [-0.2, 0) is 5.60 Å². The van der Waals surface area contributed by atoms with E-state index in [0.717, 1.165) is 24.3 Å². The Labute approximate surface area is 168 Å². The number of hydrogen-bond acceptors (Lipinski definition) is 1. The Bertz CT molecular complexity index is 795. The zero-order valence-electron chi connectivity index (χ0n) is 15.2. The van der Waals surface area contributed by atoms with Gasteiger partial charge in [0.2, 0.25) is 0 Å². The summed E-state index contributed by atoms with van der Waals surface area (Å²) in [6, 6.07) is 4.85. The van der Waals surface area contributed by atoms with Gasteiger partial charge in [0.05, 0.1) is 12.0 Å². The van der Waals surface area contributed by atoms with Gasteiger partial charge in [-0.15, -0.1) is 0 Å². The molecule has 0 amide bonds. The molecule has 0 aliphatic heterocycles. The number of benzene rings is 1. The monoisotopic (exact) mass is 504 g/mol. The molecule has 0 saturated carbocycles. The van der Waals surface area contributed by atoms with Crippen molar-refractivity contribution in [2.75, 3.05) is 0 Å². The van der Waals surface area contributed by atoms with Crippen molar-refractivity contribution in [3.05, 3.63) is 35.9 Å². The second-order valence-electron chi connectivity index (χ2n) is 6.89. The first-order valence-corrected chi connectivity index (χ1v) is 7.93. The predicted octanol–water partition coefficient (Wildman–Crippen LogP) is 6.66. The minimum atomic E-state index is -8.34. The number of rotatable bonds is 8. The minimum Gasteiger partial charge on any atom is -0.385 e. The van der Waals surface area contributed by atoms with Crippen molar-refractivity contribution in [2.24, 2.45) is 0 Å². The van der Waals surface area contributed by atoms with Crippen molar-refractivity contribution in [3.63, 3.8) is 0 Å². The number of aliphatic hydroxyl groups is 1. The Morgan fingerprint density at radius 2 is 0.906 bits per heavy atom. The summed E-state index contributed by atoms with van der Waals surface area (Å²) >= 11 is 0. The summed E-state index contributed by atoms with van der Waals surface area (Å²) < 4.78 is 197. The summed E-state index contributed by atoms with van der Waals surface area (Å²) in [7, 11) is 0. The lowest BCUT2D eigenvalue weighted by atomic mass is 9.84. The van der Waals surface area contributed by atoms with E-state index in [2.05, 4.69) is 0 Å². The zero-order valence-corrected chi connectivity index (χ0v) is 15.2. The Morgan fingerprint density at radius 1 is 0.562 bits per heavy atom. The number of alkyl halides is 15. The third kappa shape index (κ3) is 3.98. The highest BCUT2D eigenvalue weighted by molar-refractivity contribution is 5.23. The van der Waals surface area contributed by atoms with Crippen molar-refractivity contribution < 1.29 is 71.0 Å². The molecule has 0 fully saturated rings. The van der Waals surface area contributed by atoms with E-state index >= 15 is 0 Å². The molecule has 0 aliphatic carbocycles. The standard InChI is InChI=1S/C16H11F15O/c1-9(32,8-5-3-2-4-6-8)7-10(17,18)11(19,20)12(21,22)13(23,24)14(25,26)15(27,28)16(29,30)31/h2-6,32H,7H2,1H3. The lowest BCUT2D eigenvalue weighted by Gasteiger charge is -2.42. The van der Waals surface area contributed by atoms with Crippen LogP contribution in [0.15, 0.2) is 30.3 Å². The minimum absolute atomic E-state index is 0.315. The Morgan fingerprint density at radius 3 is 1.28 bits per heavy atom. The SMILES string of the molecule is CC(O)(CC(F)(F)C(F)(F)C(F)(F)C(F)(F)C(F)(F)C(F)(F)C(F)(F)F)c1ccccc1. The number of hydrogen-bond donors (Lipinski definition) is 1. The maximum absolute atomic E-state index is 13.9. The summed E-state index contributed by atoms with van der Waals surface area (Å²) in [6.07, 6.45) is -10.5. The second kappa shape index (κ2) is 7.58. The van der Waals surface area contributed by atoms with Crippen molar-refractivity contribution in [2.45, 2.75) is 60.7 Å². The van der Waals surface area contributed by atoms with Gasteiger partial charge in [-0.2, -0.15) is 65.9 Å². The average Bonchev–Trinajstić information content (AvgIpc) is 2.59. The number of halogens is 15. The van der Waals surface area contributed by atoms with E-state index in [4.69, 9.17) is 0 Å². The molecule has 1 nitrogen and oxygen atoms in total. The van der Waals surface area contributed by atoms with Gasteiger partial charge in [-0.25, -0.2) is 0 Å². The van der Waals surface area contributed by atoms with Gasteiger partial charge in [0, 0.05) is 0 Å². The van der Waals surface area contributed by atoms with Gasteiger partial charge >= 0.3 is 41.7 Å². The van der Waals surface area contributed by atoms with Crippen LogP contribution in [0.25, 0.3) is 0 Å². The smallest absolute Gasteiger partial charge is 0.385 e. The van der Waals surface area contributed by atoms with Crippen LogP contribution in [0.2, 0.25) is 0 Å². The fourth-order valence-electron chi connectivity index (χ4n) is 2.44. The molecule has 32 heavy (non-hydrogen) atoms. The third-order valence-electron chi connectivity index (χ3n) is 4.35. The molecule has 0 bridgehead atoms. The molecule has 186 valence electrons. The molecule has 0 aromatic heterocycles. The van der Waals surface area contributed by atoms with Crippen molar-refractivity contribution in [3.8, 4) is 0 Å². The average molecular weight is 504 g/mol. The second-order valence-corrected chi connectivity index (χ2v) is 6.89. The Hall–Kier alpha value is -1.87. The maximum Gasteiger partial charge on any atom is 0.460 e. The quantitative estimate of drug-likeness (QED) is 0.393. The van der Waals surface area contributed by atoms with Gasteiger partial charge < -0.3 is 5.11 Å². The van der Waals surface area contributed by atoms with Gasteiger partial charge in [-0.05, 0) is 12.5 Å². The molecule has 0 radical (unpaired) electrons. The molecule has 1 unspecified atom stereocenters. The predicted molar refractivity (Wildman–Crippen MR) is 76.4 cm³/mol. The van der Waals surface area contributed by atoms with E-state index < -0.39 is 59.3 Å². The molecule has 0 spiro atoms. The molecule has 1 aromatic carbocycles. The van der Waals surface area contributed by atoms with Crippen LogP contribution in [0, 0.1) is 0 Å². The third-order valence-corrected chi connectivity index (χ3v) is 4.35. The van der Waals surface area contributed by atoms with Gasteiger partial charge in [0.15, 0.2) is 0 Å². The van der Waals surface area contributed by atoms with Crippen molar-refractivity contribution in [1.82, 2.24) is 0 Å². The zero-order chi connectivity index (χ0) is 25.8. The fourth-order valence-corrected chi connectivity index (χ4v) is 2.44. The largest absolute Gasteiger partial charge is 0.460 e. The van der Waals surface area contributed by atoms with E-state index in [9.17, 15) is 71.0 Å². The van der Waals surface area contributed by atoms with Crippen LogP contribution < -0.4 is 0 Å². The molecule has 0 heterocycles. The van der Waals surface area contributed by atoms with E-state index in [1.165, 1.54) is 6.07 Å². The van der Waals surface area contributed by atoms with Crippen LogP contribution in [0.3, 0.4) is 0 Å². The summed E-state index contributed by atoms with van der Waals surface area (Å²) in [4.78, 5) is 0. The molecule has 1 atom stereocenters. The molecule has 0 aliphatic rings. The van der Waals surface area contributed by atoms with Gasteiger partial charge in [-0.3, -0.25) is 0 Å². The van der Waals surface area contributed by atoms with Crippen molar-refractivity contribution in [1.29, 1.82) is 0 Å². The first-order chi connectivity index (χ1) is 13.8. The van der Waals surface area contributed by atoms with Crippen LogP contribution in [0.4, 0.5) is 65.9 Å². The molecule has 0 saturated heterocycles. The van der Waals surface area contributed by atoms with E-state index in [0.29, 0.717) is 6.92 Å². The molecule has 1 aromatic rings. The lowest BCUT2D eigenvalue weighted by molar-refractivity contribution is -0.453. The maximum atomic E-state index is 13.9. The lowest BCUT2D eigenvalue weighted by Crippen LogP contribution is -2.72. The molecule has 16 heteroatoms. The summed E-state index contributed by atoms with van der Waals surface area (Å²) in [5, 5.41) is 9.89. The summed E-state index contributed by atoms with van der Waals surface area (Å²) in [6.45, 7) is 0.315. The van der Waals surface area contributed by atoms with Crippen molar-refractivity contribution >= 4 is 0 Å². The highest BCUT2D eigenvalue weighted by Gasteiger charge is 2.93. The normalized spacial score (nSPS) is 17.3. The summed E-state index contributed by atoms with van der Waals surface area (Å²) in [5.74, 6) is -47.0. The first kappa shape index (κ1) is 28.2. The highest BCUT2D eigenvalue weighted by Crippen LogP contribution is 2.63. The molecule has 1 N–H and O–H groups in total. The highest BCUT2D eigenvalue weighted by atomic mass is 19.4. The van der Waals surface area contributed by atoms with E-state index in [1.807, 2.05) is 0 Å². The van der Waals surface area contributed by atoms with Crippen LogP contribution in [0.5, 0.6) is 0 Å². The topological polar surface area (TPSA) is 20.2 Å². The van der Waals surface area contributed by atoms with Gasteiger partial charge in [0.1, 0.15) is 0 Å². The van der Waals surface area contributed by atoms with E-state index in [-0.39, 0.29) is 0 Å². The Kier molecular flexibility index (Phi) is 6.67. The van der Waals surface area contributed by atoms with Crippen LogP contribution in [-0.4, -0.2) is 46.8 Å². The molecular weight excluding hydrogens is 493 g/mol.